The highest BCUT2D eigenvalue weighted by Crippen LogP contribution is 2.39. The number of carbonyl (C=O) groups excluding carboxylic acids is 3. The molecule has 0 aliphatic carbocycles. The molecule has 1 atom stereocenters. The quantitative estimate of drug-likeness (QED) is 0.436. The first-order chi connectivity index (χ1) is 17.9. The van der Waals surface area contributed by atoms with Gasteiger partial charge in [0.05, 0.1) is 27.1 Å². The molecule has 1 aliphatic rings. The van der Waals surface area contributed by atoms with Gasteiger partial charge in [0.1, 0.15) is 12.6 Å². The van der Waals surface area contributed by atoms with E-state index in [4.69, 9.17) is 16.3 Å². The number of hydrogen-bond donors (Lipinski definition) is 2. The van der Waals surface area contributed by atoms with Crippen LogP contribution in [0.1, 0.15) is 36.0 Å². The van der Waals surface area contributed by atoms with Gasteiger partial charge in [-0.2, -0.15) is 13.2 Å². The van der Waals surface area contributed by atoms with E-state index in [0.29, 0.717) is 22.3 Å². The van der Waals surface area contributed by atoms with E-state index in [1.165, 1.54) is 12.1 Å². The van der Waals surface area contributed by atoms with E-state index in [-0.39, 0.29) is 43.6 Å². The number of carbonyl (C=O) groups is 3. The fourth-order valence-corrected chi connectivity index (χ4v) is 5.08. The van der Waals surface area contributed by atoms with Gasteiger partial charge in [-0.15, -0.1) is 11.3 Å². The van der Waals surface area contributed by atoms with E-state index in [1.54, 1.807) is 12.1 Å². The number of hydrogen-bond acceptors (Lipinski definition) is 6. The van der Waals surface area contributed by atoms with E-state index < -0.39 is 35.5 Å². The van der Waals surface area contributed by atoms with Gasteiger partial charge in [-0.1, -0.05) is 32.4 Å². The lowest BCUT2D eigenvalue weighted by atomic mass is 10.1. The molecule has 1 saturated heterocycles. The van der Waals surface area contributed by atoms with Gasteiger partial charge in [0, 0.05) is 25.3 Å². The van der Waals surface area contributed by atoms with E-state index in [0.717, 1.165) is 22.3 Å². The molecule has 8 nitrogen and oxygen atoms in total. The molecule has 2 heterocycles. The fraction of sp³-hybridized carbons (Fsp3) is 0.480. The number of ether oxygens (including phenoxy) is 1. The van der Waals surface area contributed by atoms with Crippen LogP contribution in [0.5, 0.6) is 0 Å². The van der Waals surface area contributed by atoms with Gasteiger partial charge < -0.3 is 20.3 Å². The van der Waals surface area contributed by atoms with Crippen LogP contribution < -0.4 is 15.5 Å². The third kappa shape index (κ3) is 7.68. The Labute approximate surface area is 228 Å². The SMILES string of the molecule is CCN(CC(C)C)[C@H](CNC(=O)c1ccc(Cl)s1)C(=O)Nc1ccc(N2CCOCC2=O)c(C(F)(F)F)c1. The van der Waals surface area contributed by atoms with Crippen LogP contribution >= 0.6 is 22.9 Å². The second kappa shape index (κ2) is 12.9. The monoisotopic (exact) mass is 574 g/mol. The highest BCUT2D eigenvalue weighted by molar-refractivity contribution is 7.18. The number of amides is 3. The standard InChI is InChI=1S/C25H30ClF3N4O4S/c1-4-32(13-15(2)3)19(12-30-24(36)20-7-8-21(26)38-20)23(35)31-16-5-6-18(17(11-16)25(27,28)29)33-9-10-37-14-22(33)34/h5-8,11,15,19H,4,9-10,12-14H2,1-3H3,(H,30,36)(H,31,35)/t19-/m1/s1. The van der Waals surface area contributed by atoms with Crippen LogP contribution in [0.25, 0.3) is 0 Å². The van der Waals surface area contributed by atoms with Crippen molar-refractivity contribution in [3.05, 3.63) is 45.1 Å². The maximum atomic E-state index is 14.0. The van der Waals surface area contributed by atoms with Crippen molar-refractivity contribution in [1.82, 2.24) is 10.2 Å². The second-order valence-electron chi connectivity index (χ2n) is 9.13. The van der Waals surface area contributed by atoms with Crippen molar-refractivity contribution in [2.45, 2.75) is 33.0 Å². The molecular weight excluding hydrogens is 545 g/mol. The normalized spacial score (nSPS) is 15.2. The number of likely N-dealkylation sites (N-methyl/N-ethyl adjacent to an activating group) is 1. The Morgan fingerprint density at radius 3 is 2.55 bits per heavy atom. The molecule has 1 fully saturated rings. The van der Waals surface area contributed by atoms with Crippen molar-refractivity contribution in [2.75, 3.05) is 49.6 Å². The molecule has 0 radical (unpaired) electrons. The maximum Gasteiger partial charge on any atom is 0.418 e. The third-order valence-electron chi connectivity index (χ3n) is 5.85. The van der Waals surface area contributed by atoms with Crippen LogP contribution in [-0.4, -0.2) is 68.1 Å². The molecule has 208 valence electrons. The lowest BCUT2D eigenvalue weighted by Gasteiger charge is -2.32. The van der Waals surface area contributed by atoms with Crippen LogP contribution in [0, 0.1) is 5.92 Å². The maximum absolute atomic E-state index is 14.0. The van der Waals surface area contributed by atoms with Gasteiger partial charge in [0.15, 0.2) is 0 Å². The highest BCUT2D eigenvalue weighted by Gasteiger charge is 2.37. The summed E-state index contributed by atoms with van der Waals surface area (Å²) in [4.78, 5) is 41.4. The van der Waals surface area contributed by atoms with E-state index in [1.807, 2.05) is 25.7 Å². The van der Waals surface area contributed by atoms with Gasteiger partial charge in [-0.05, 0) is 42.8 Å². The minimum absolute atomic E-state index is 0.00843. The van der Waals surface area contributed by atoms with Crippen LogP contribution in [0.15, 0.2) is 30.3 Å². The van der Waals surface area contributed by atoms with Crippen LogP contribution in [-0.2, 0) is 20.5 Å². The molecule has 1 aromatic carbocycles. The summed E-state index contributed by atoms with van der Waals surface area (Å²) in [6.07, 6.45) is -4.77. The molecule has 0 bridgehead atoms. The fourth-order valence-electron chi connectivity index (χ4n) is 4.12. The van der Waals surface area contributed by atoms with Gasteiger partial charge >= 0.3 is 6.18 Å². The summed E-state index contributed by atoms with van der Waals surface area (Å²) >= 11 is 7.01. The molecular formula is C25H30ClF3N4O4S. The Balaban J connectivity index is 1.84. The number of rotatable bonds is 10. The molecule has 2 aromatic rings. The zero-order valence-corrected chi connectivity index (χ0v) is 22.8. The summed E-state index contributed by atoms with van der Waals surface area (Å²) in [6.45, 7) is 6.57. The molecule has 3 rings (SSSR count). The molecule has 0 unspecified atom stereocenters. The first-order valence-corrected chi connectivity index (χ1v) is 13.3. The molecule has 13 heteroatoms. The number of morpholine rings is 1. The minimum Gasteiger partial charge on any atom is -0.370 e. The van der Waals surface area contributed by atoms with Crippen molar-refractivity contribution in [2.24, 2.45) is 5.92 Å². The van der Waals surface area contributed by atoms with E-state index in [9.17, 15) is 27.6 Å². The number of alkyl halides is 3. The topological polar surface area (TPSA) is 91.0 Å². The second-order valence-corrected chi connectivity index (χ2v) is 10.8. The van der Waals surface area contributed by atoms with Gasteiger partial charge in [-0.25, -0.2) is 0 Å². The Morgan fingerprint density at radius 1 is 1.24 bits per heavy atom. The van der Waals surface area contributed by atoms with Crippen LogP contribution in [0.4, 0.5) is 24.5 Å². The number of anilines is 2. The number of nitrogens with zero attached hydrogens (tertiary/aromatic N) is 2. The molecule has 1 aromatic heterocycles. The molecule has 2 N–H and O–H groups in total. The Kier molecular flexibility index (Phi) is 10.2. The summed E-state index contributed by atoms with van der Waals surface area (Å²) in [5.41, 5.74) is -1.41. The first-order valence-electron chi connectivity index (χ1n) is 12.1. The van der Waals surface area contributed by atoms with Crippen molar-refractivity contribution in [3.8, 4) is 0 Å². The lowest BCUT2D eigenvalue weighted by molar-refractivity contribution is -0.137. The Bertz CT molecular complexity index is 1160. The summed E-state index contributed by atoms with van der Waals surface area (Å²) in [5, 5.41) is 5.31. The predicted molar refractivity (Wildman–Crippen MR) is 141 cm³/mol. The lowest BCUT2D eigenvalue weighted by Crippen LogP contribution is -2.51. The van der Waals surface area contributed by atoms with E-state index >= 15 is 0 Å². The minimum atomic E-state index is -4.77. The van der Waals surface area contributed by atoms with Crippen molar-refractivity contribution in [3.63, 3.8) is 0 Å². The number of benzene rings is 1. The van der Waals surface area contributed by atoms with E-state index in [2.05, 4.69) is 10.6 Å². The summed E-state index contributed by atoms with van der Waals surface area (Å²) in [7, 11) is 0. The predicted octanol–water partition coefficient (Wildman–Crippen LogP) is 4.50. The largest absolute Gasteiger partial charge is 0.418 e. The van der Waals surface area contributed by atoms with Gasteiger partial charge in [0.2, 0.25) is 5.91 Å². The molecule has 38 heavy (non-hydrogen) atoms. The van der Waals surface area contributed by atoms with Gasteiger partial charge in [0.25, 0.3) is 11.8 Å². The highest BCUT2D eigenvalue weighted by atomic mass is 35.5. The average molecular weight is 575 g/mol. The van der Waals surface area contributed by atoms with Crippen LogP contribution in [0.2, 0.25) is 4.34 Å². The smallest absolute Gasteiger partial charge is 0.370 e. The van der Waals surface area contributed by atoms with Gasteiger partial charge in [-0.3, -0.25) is 19.3 Å². The zero-order chi connectivity index (χ0) is 28.0. The molecule has 3 amide bonds. The molecule has 0 spiro atoms. The number of nitrogens with one attached hydrogen (secondary N) is 2. The zero-order valence-electron chi connectivity index (χ0n) is 21.2. The molecule has 1 aliphatic heterocycles. The Morgan fingerprint density at radius 2 is 1.97 bits per heavy atom. The number of thiophene rings is 1. The Hall–Kier alpha value is -2.67. The first kappa shape index (κ1) is 29.9. The average Bonchev–Trinajstić information content (AvgIpc) is 3.29. The summed E-state index contributed by atoms with van der Waals surface area (Å²) < 4.78 is 47.3. The summed E-state index contributed by atoms with van der Waals surface area (Å²) in [6, 6.07) is 5.63. The number of halogens is 4. The van der Waals surface area contributed by atoms with Crippen molar-refractivity contribution < 1.29 is 32.3 Å². The van der Waals surface area contributed by atoms with Crippen LogP contribution in [0.3, 0.4) is 0 Å². The molecule has 0 saturated carbocycles. The third-order valence-corrected chi connectivity index (χ3v) is 7.08. The van der Waals surface area contributed by atoms with Crippen molar-refractivity contribution >= 4 is 52.0 Å². The van der Waals surface area contributed by atoms with Crippen molar-refractivity contribution in [1.29, 1.82) is 0 Å². The summed E-state index contributed by atoms with van der Waals surface area (Å²) in [5.74, 6) is -1.35.